The van der Waals surface area contributed by atoms with Gasteiger partial charge in [0.25, 0.3) is 0 Å². The highest BCUT2D eigenvalue weighted by Gasteiger charge is 2.55. The van der Waals surface area contributed by atoms with Crippen LogP contribution in [-0.4, -0.2) is 89.6 Å². The van der Waals surface area contributed by atoms with Crippen LogP contribution in [0.15, 0.2) is 42.5 Å². The largest absolute Gasteiger partial charge is 0.494 e. The molecule has 0 saturated carbocycles. The molecule has 0 radical (unpaired) electrons. The van der Waals surface area contributed by atoms with E-state index >= 15 is 0 Å². The van der Waals surface area contributed by atoms with Crippen LogP contribution < -0.4 is 4.74 Å². The van der Waals surface area contributed by atoms with E-state index in [9.17, 15) is 20.4 Å². The first-order valence-electron chi connectivity index (χ1n) is 10.6. The normalized spacial score (nSPS) is 26.0. The lowest BCUT2D eigenvalue weighted by molar-refractivity contribution is -0.366. The van der Waals surface area contributed by atoms with Gasteiger partial charge in [-0.2, -0.15) is 0 Å². The molecule has 10 heteroatoms. The summed E-state index contributed by atoms with van der Waals surface area (Å²) in [4.78, 5) is 0. The van der Waals surface area contributed by atoms with Crippen LogP contribution in [0.1, 0.15) is 23.6 Å². The van der Waals surface area contributed by atoms with Crippen LogP contribution in [0, 0.1) is 0 Å². The highest BCUT2D eigenvalue weighted by molar-refractivity contribution is 6.31. The van der Waals surface area contributed by atoms with Gasteiger partial charge in [0.15, 0.2) is 0 Å². The molecular formula is C24H35ClO9. The van der Waals surface area contributed by atoms with Crippen molar-refractivity contribution in [3.63, 3.8) is 0 Å². The Balaban J connectivity index is 0.00000137. The molecule has 6 N–H and O–H groups in total. The SMILES string of the molecule is CCOc1ccc(Cc2cc([C@]3(OC)O[C@H](CO)[C@@H](O)[C@H](O)[C@H]3O)ccc2Cl)cc1.CO.CO. The highest BCUT2D eigenvalue weighted by atomic mass is 35.5. The molecule has 1 fully saturated rings. The van der Waals surface area contributed by atoms with Crippen LogP contribution in [0.2, 0.25) is 5.02 Å². The Bertz CT molecular complexity index is 847. The standard InChI is InChI=1S/C22H27ClO7.2CH4O/c1-3-29-16-7-4-13(5-8-16)10-14-11-15(6-9-17(14)23)22(28-2)21(27)20(26)19(25)18(12-24)30-22;2*1-2/h4-9,11,18-21,24-27H,3,10,12H2,1-2H3;2*2H,1H3/t18-,19-,20+,21-,22+;;/m1../s1. The summed E-state index contributed by atoms with van der Waals surface area (Å²) in [5.74, 6) is -0.995. The van der Waals surface area contributed by atoms with E-state index in [-0.39, 0.29) is 0 Å². The molecule has 0 amide bonds. The van der Waals surface area contributed by atoms with Gasteiger partial charge < -0.3 is 44.8 Å². The van der Waals surface area contributed by atoms with E-state index in [1.807, 2.05) is 31.2 Å². The molecule has 192 valence electrons. The van der Waals surface area contributed by atoms with Crippen LogP contribution in [0.25, 0.3) is 0 Å². The summed E-state index contributed by atoms with van der Waals surface area (Å²) in [6.07, 6.45) is -5.23. The van der Waals surface area contributed by atoms with Crippen LogP contribution in [0.5, 0.6) is 5.75 Å². The molecule has 2 aromatic carbocycles. The average molecular weight is 503 g/mol. The first-order valence-corrected chi connectivity index (χ1v) is 11.0. The molecule has 0 bridgehead atoms. The van der Waals surface area contributed by atoms with Crippen molar-refractivity contribution in [2.24, 2.45) is 0 Å². The van der Waals surface area contributed by atoms with Gasteiger partial charge in [-0.3, -0.25) is 0 Å². The van der Waals surface area contributed by atoms with Gasteiger partial charge in [0.05, 0.1) is 13.2 Å². The Kier molecular flexibility index (Phi) is 13.0. The van der Waals surface area contributed by atoms with Crippen molar-refractivity contribution in [1.29, 1.82) is 0 Å². The molecular weight excluding hydrogens is 468 g/mol. The molecule has 0 unspecified atom stereocenters. The minimum Gasteiger partial charge on any atom is -0.494 e. The van der Waals surface area contributed by atoms with Crippen molar-refractivity contribution < 1.29 is 44.8 Å². The third-order valence-electron chi connectivity index (χ3n) is 5.33. The van der Waals surface area contributed by atoms with E-state index in [1.54, 1.807) is 18.2 Å². The molecule has 3 rings (SSSR count). The minimum absolute atomic E-state index is 0.409. The fraction of sp³-hybridized carbons (Fsp3) is 0.500. The van der Waals surface area contributed by atoms with Crippen LogP contribution in [0.3, 0.4) is 0 Å². The van der Waals surface area contributed by atoms with Gasteiger partial charge in [-0.15, -0.1) is 0 Å². The van der Waals surface area contributed by atoms with Gasteiger partial charge in [0.1, 0.15) is 30.2 Å². The number of rotatable bonds is 7. The molecule has 1 saturated heterocycles. The topological polar surface area (TPSA) is 149 Å². The number of ether oxygens (including phenoxy) is 3. The summed E-state index contributed by atoms with van der Waals surface area (Å²) in [5, 5.41) is 55.1. The van der Waals surface area contributed by atoms with Gasteiger partial charge in [-0.25, -0.2) is 0 Å². The average Bonchev–Trinajstić information content (AvgIpc) is 2.88. The Morgan fingerprint density at radius 3 is 2.12 bits per heavy atom. The number of aliphatic hydroxyl groups is 6. The molecule has 1 heterocycles. The van der Waals surface area contributed by atoms with Gasteiger partial charge in [-0.1, -0.05) is 29.8 Å². The molecule has 2 aromatic rings. The van der Waals surface area contributed by atoms with Crippen molar-refractivity contribution >= 4 is 11.6 Å². The quantitative estimate of drug-likeness (QED) is 0.323. The van der Waals surface area contributed by atoms with Gasteiger partial charge in [-0.05, 0) is 48.7 Å². The summed E-state index contributed by atoms with van der Waals surface area (Å²) in [5.41, 5.74) is 2.16. The monoisotopic (exact) mass is 502 g/mol. The molecule has 9 nitrogen and oxygen atoms in total. The Morgan fingerprint density at radius 2 is 1.59 bits per heavy atom. The number of hydrogen-bond acceptors (Lipinski definition) is 9. The van der Waals surface area contributed by atoms with E-state index in [0.29, 0.717) is 23.6 Å². The van der Waals surface area contributed by atoms with E-state index < -0.39 is 36.8 Å². The van der Waals surface area contributed by atoms with Crippen LogP contribution >= 0.6 is 11.6 Å². The third kappa shape index (κ3) is 6.66. The Labute approximate surface area is 204 Å². The number of halogens is 1. The summed E-state index contributed by atoms with van der Waals surface area (Å²) in [6.45, 7) is 1.95. The lowest BCUT2D eigenvalue weighted by Crippen LogP contribution is -2.64. The third-order valence-corrected chi connectivity index (χ3v) is 5.70. The van der Waals surface area contributed by atoms with Crippen LogP contribution in [0.4, 0.5) is 0 Å². The maximum absolute atomic E-state index is 10.7. The second kappa shape index (κ2) is 14.6. The second-order valence-corrected chi connectivity index (χ2v) is 7.60. The smallest absolute Gasteiger partial charge is 0.224 e. The predicted molar refractivity (Wildman–Crippen MR) is 127 cm³/mol. The van der Waals surface area contributed by atoms with Crippen molar-refractivity contribution in [2.45, 2.75) is 43.5 Å². The predicted octanol–water partition coefficient (Wildman–Crippen LogP) is 0.819. The molecule has 34 heavy (non-hydrogen) atoms. The van der Waals surface area contributed by atoms with Crippen molar-refractivity contribution in [2.75, 3.05) is 34.5 Å². The fourth-order valence-corrected chi connectivity index (χ4v) is 3.87. The second-order valence-electron chi connectivity index (χ2n) is 7.20. The zero-order valence-electron chi connectivity index (χ0n) is 19.8. The number of hydrogen-bond donors (Lipinski definition) is 6. The van der Waals surface area contributed by atoms with Crippen molar-refractivity contribution in [3.05, 3.63) is 64.2 Å². The first-order chi connectivity index (χ1) is 16.4. The molecule has 0 aliphatic carbocycles. The lowest BCUT2D eigenvalue weighted by atomic mass is 9.87. The zero-order valence-corrected chi connectivity index (χ0v) is 20.5. The number of aliphatic hydroxyl groups excluding tert-OH is 6. The molecule has 0 spiro atoms. The highest BCUT2D eigenvalue weighted by Crippen LogP contribution is 2.40. The van der Waals surface area contributed by atoms with Crippen molar-refractivity contribution in [3.8, 4) is 5.75 Å². The van der Waals surface area contributed by atoms with Gasteiger partial charge >= 0.3 is 0 Å². The van der Waals surface area contributed by atoms with E-state index in [1.165, 1.54) is 7.11 Å². The maximum Gasteiger partial charge on any atom is 0.224 e. The first kappa shape index (κ1) is 30.2. The molecule has 0 aromatic heterocycles. The minimum atomic E-state index is -1.77. The van der Waals surface area contributed by atoms with E-state index in [4.69, 9.17) is 36.0 Å². The van der Waals surface area contributed by atoms with Gasteiger partial charge in [0, 0.05) is 31.9 Å². The zero-order chi connectivity index (χ0) is 25.9. The molecule has 5 atom stereocenters. The van der Waals surface area contributed by atoms with E-state index in [0.717, 1.165) is 31.1 Å². The Morgan fingerprint density at radius 1 is 0.971 bits per heavy atom. The molecule has 1 aliphatic heterocycles. The summed E-state index contributed by atoms with van der Waals surface area (Å²) in [6, 6.07) is 12.6. The lowest BCUT2D eigenvalue weighted by Gasteiger charge is -2.47. The van der Waals surface area contributed by atoms with Crippen LogP contribution in [-0.2, 0) is 21.7 Å². The number of methoxy groups -OCH3 is 1. The number of benzene rings is 2. The summed E-state index contributed by atoms with van der Waals surface area (Å²) in [7, 11) is 3.32. The molecule has 1 aliphatic rings. The summed E-state index contributed by atoms with van der Waals surface area (Å²) < 4.78 is 16.7. The summed E-state index contributed by atoms with van der Waals surface area (Å²) >= 11 is 6.40. The van der Waals surface area contributed by atoms with Gasteiger partial charge in [0.2, 0.25) is 5.79 Å². The van der Waals surface area contributed by atoms with Crippen molar-refractivity contribution in [1.82, 2.24) is 0 Å². The maximum atomic E-state index is 10.7. The Hall–Kier alpha value is -1.79. The van der Waals surface area contributed by atoms with E-state index in [2.05, 4.69) is 0 Å². The fourth-order valence-electron chi connectivity index (χ4n) is 3.68.